The molecule has 0 radical (unpaired) electrons. The van der Waals surface area contributed by atoms with E-state index >= 15 is 0 Å². The van der Waals surface area contributed by atoms with E-state index in [2.05, 4.69) is 131 Å². The van der Waals surface area contributed by atoms with Crippen molar-refractivity contribution in [2.75, 3.05) is 11.5 Å². The molecular weight excluding hydrogens is 596 g/mol. The normalized spacial score (nSPS) is 11.4. The molecule has 0 aromatic heterocycles. The second-order valence-electron chi connectivity index (χ2n) is 8.42. The van der Waals surface area contributed by atoms with Crippen molar-refractivity contribution in [2.24, 2.45) is 0 Å². The lowest BCUT2D eigenvalue weighted by molar-refractivity contribution is 1.14. The van der Waals surface area contributed by atoms with Crippen LogP contribution in [0.2, 0.25) is 0 Å². The van der Waals surface area contributed by atoms with E-state index in [1.54, 1.807) is 0 Å². The molecule has 0 saturated carbocycles. The Hall–Kier alpha value is -1.72. The summed E-state index contributed by atoms with van der Waals surface area (Å²) >= 11 is 11.6. The molecule has 35 heavy (non-hydrogen) atoms. The van der Waals surface area contributed by atoms with Crippen LogP contribution in [0.25, 0.3) is 32.7 Å². The molecule has 5 rings (SSSR count). The number of hydrogen-bond acceptors (Lipinski definition) is 2. The molecule has 0 nitrogen and oxygen atoms in total. The molecule has 0 unspecified atom stereocenters. The van der Waals surface area contributed by atoms with E-state index in [1.807, 2.05) is 23.5 Å². The van der Waals surface area contributed by atoms with Gasteiger partial charge in [0.15, 0.2) is 0 Å². The maximum Gasteiger partial charge on any atom is 0.0260 e. The fourth-order valence-electron chi connectivity index (χ4n) is 4.67. The van der Waals surface area contributed by atoms with Gasteiger partial charge in [0.05, 0.1) is 0 Å². The zero-order valence-electron chi connectivity index (χ0n) is 19.8. The molecule has 0 aliphatic carbocycles. The van der Waals surface area contributed by atoms with Crippen molar-refractivity contribution in [1.82, 2.24) is 0 Å². The first-order valence-electron chi connectivity index (χ1n) is 11.9. The molecule has 5 aromatic rings. The van der Waals surface area contributed by atoms with E-state index in [9.17, 15) is 0 Å². The first kappa shape index (κ1) is 25.0. The van der Waals surface area contributed by atoms with Gasteiger partial charge >= 0.3 is 0 Å². The van der Waals surface area contributed by atoms with Crippen LogP contribution in [0.15, 0.2) is 104 Å². The van der Waals surface area contributed by atoms with Crippen LogP contribution in [0.1, 0.15) is 25.0 Å². The Bertz CT molecular complexity index is 1510. The molecule has 0 N–H and O–H groups in total. The Morgan fingerprint density at radius 2 is 1.23 bits per heavy atom. The molecule has 0 bridgehead atoms. The second kappa shape index (κ2) is 11.1. The summed E-state index contributed by atoms with van der Waals surface area (Å²) in [5.41, 5.74) is 5.28. The van der Waals surface area contributed by atoms with Crippen molar-refractivity contribution in [1.29, 1.82) is 0 Å². The summed E-state index contributed by atoms with van der Waals surface area (Å²) in [7, 11) is 0. The maximum absolute atomic E-state index is 3.87. The first-order chi connectivity index (χ1) is 17.1. The smallest absolute Gasteiger partial charge is 0.0260 e. The fraction of sp³-hybridized carbons (Fsp3) is 0.161. The van der Waals surface area contributed by atoms with Gasteiger partial charge in [-0.25, -0.2) is 0 Å². The van der Waals surface area contributed by atoms with Gasteiger partial charge in [0.1, 0.15) is 0 Å². The Morgan fingerprint density at radius 3 is 1.97 bits per heavy atom. The molecule has 176 valence electrons. The molecule has 0 heterocycles. The molecule has 0 aliphatic heterocycles. The standard InChI is InChI=1S/C31H26Br2S2/c1-3-34-30-22(18-28(32)23-12-8-9-13-25(23)30)16-20-14-15-24-27(17-20)31(35-4-2)26(19-29(24)33)21-10-6-5-7-11-21/h5-15,17-19H,3-4,16H2,1-2H3. The highest BCUT2D eigenvalue weighted by Crippen LogP contribution is 2.42. The maximum atomic E-state index is 3.87. The Balaban J connectivity index is 1.67. The largest absolute Gasteiger partial charge is 0.126 e. The van der Waals surface area contributed by atoms with Gasteiger partial charge in [-0.3, -0.25) is 0 Å². The number of fused-ring (bicyclic) bond motifs is 2. The lowest BCUT2D eigenvalue weighted by Gasteiger charge is -2.17. The highest BCUT2D eigenvalue weighted by molar-refractivity contribution is 9.11. The Labute approximate surface area is 233 Å². The number of rotatable bonds is 7. The monoisotopic (exact) mass is 620 g/mol. The third-order valence-electron chi connectivity index (χ3n) is 6.18. The lowest BCUT2D eigenvalue weighted by atomic mass is 9.96. The van der Waals surface area contributed by atoms with Crippen molar-refractivity contribution < 1.29 is 0 Å². The molecule has 0 fully saturated rings. The van der Waals surface area contributed by atoms with Gasteiger partial charge in [0.25, 0.3) is 0 Å². The summed E-state index contributed by atoms with van der Waals surface area (Å²) in [6.45, 7) is 4.47. The molecular formula is C31H26Br2S2. The summed E-state index contributed by atoms with van der Waals surface area (Å²) in [5, 5.41) is 5.21. The zero-order valence-corrected chi connectivity index (χ0v) is 24.6. The van der Waals surface area contributed by atoms with Crippen molar-refractivity contribution in [2.45, 2.75) is 30.1 Å². The van der Waals surface area contributed by atoms with E-state index < -0.39 is 0 Å². The van der Waals surface area contributed by atoms with Crippen molar-refractivity contribution in [3.63, 3.8) is 0 Å². The van der Waals surface area contributed by atoms with Crippen molar-refractivity contribution >= 4 is 76.9 Å². The predicted molar refractivity (Wildman–Crippen MR) is 164 cm³/mol. The molecule has 0 atom stereocenters. The molecule has 0 spiro atoms. The third kappa shape index (κ3) is 5.09. The SMILES string of the molecule is CCSc1c(Cc2ccc3c(Br)cc(-c4ccccc4)c(SCC)c3c2)cc(Br)c2ccccc12. The van der Waals surface area contributed by atoms with Crippen LogP contribution < -0.4 is 0 Å². The average Bonchev–Trinajstić information content (AvgIpc) is 2.88. The van der Waals surface area contributed by atoms with E-state index in [0.29, 0.717) is 0 Å². The van der Waals surface area contributed by atoms with Crippen LogP contribution in [0.4, 0.5) is 0 Å². The molecule has 5 aromatic carbocycles. The van der Waals surface area contributed by atoms with Crippen LogP contribution in [-0.2, 0) is 6.42 Å². The summed E-state index contributed by atoms with van der Waals surface area (Å²) in [5.74, 6) is 2.09. The van der Waals surface area contributed by atoms with Crippen LogP contribution in [0.3, 0.4) is 0 Å². The summed E-state index contributed by atoms with van der Waals surface area (Å²) in [4.78, 5) is 2.76. The number of benzene rings is 5. The molecule has 4 heteroatoms. The summed E-state index contributed by atoms with van der Waals surface area (Å²) in [6, 6.07) is 31.0. The minimum Gasteiger partial charge on any atom is -0.126 e. The van der Waals surface area contributed by atoms with Crippen molar-refractivity contribution in [3.8, 4) is 11.1 Å². The molecule has 0 saturated heterocycles. The average molecular weight is 622 g/mol. The van der Waals surface area contributed by atoms with Crippen LogP contribution in [0, 0.1) is 0 Å². The summed E-state index contributed by atoms with van der Waals surface area (Å²) in [6.07, 6.45) is 0.908. The number of halogens is 2. The number of hydrogen-bond donors (Lipinski definition) is 0. The highest BCUT2D eigenvalue weighted by atomic mass is 79.9. The van der Waals surface area contributed by atoms with Crippen LogP contribution in [-0.4, -0.2) is 11.5 Å². The number of thioether (sulfide) groups is 2. The topological polar surface area (TPSA) is 0 Å². The van der Waals surface area contributed by atoms with Gasteiger partial charge in [-0.1, -0.05) is 112 Å². The lowest BCUT2D eigenvalue weighted by Crippen LogP contribution is -1.95. The van der Waals surface area contributed by atoms with Gasteiger partial charge in [-0.05, 0) is 79.9 Å². The van der Waals surface area contributed by atoms with E-state index in [1.165, 1.54) is 58.1 Å². The highest BCUT2D eigenvalue weighted by Gasteiger charge is 2.16. The van der Waals surface area contributed by atoms with E-state index in [0.717, 1.165) is 22.4 Å². The van der Waals surface area contributed by atoms with E-state index in [4.69, 9.17) is 0 Å². The minimum absolute atomic E-state index is 0.908. The van der Waals surface area contributed by atoms with Crippen molar-refractivity contribution in [3.05, 3.63) is 105 Å². The molecule has 0 aliphatic rings. The first-order valence-corrected chi connectivity index (χ1v) is 15.4. The Kier molecular flexibility index (Phi) is 7.93. The quantitative estimate of drug-likeness (QED) is 0.166. The van der Waals surface area contributed by atoms with Gasteiger partial charge in [-0.2, -0.15) is 0 Å². The van der Waals surface area contributed by atoms with Gasteiger partial charge in [0, 0.05) is 18.7 Å². The molecule has 0 amide bonds. The zero-order chi connectivity index (χ0) is 24.4. The fourth-order valence-corrected chi connectivity index (χ4v) is 7.75. The van der Waals surface area contributed by atoms with E-state index in [-0.39, 0.29) is 0 Å². The minimum atomic E-state index is 0.908. The van der Waals surface area contributed by atoms with Gasteiger partial charge in [-0.15, -0.1) is 23.5 Å². The predicted octanol–water partition coefficient (Wildman–Crippen LogP) is 11.0. The summed E-state index contributed by atoms with van der Waals surface area (Å²) < 4.78 is 2.31. The Morgan fingerprint density at radius 1 is 0.600 bits per heavy atom. The second-order valence-corrected chi connectivity index (χ2v) is 12.7. The van der Waals surface area contributed by atoms with Gasteiger partial charge in [0.2, 0.25) is 0 Å². The third-order valence-corrected chi connectivity index (χ3v) is 9.57. The van der Waals surface area contributed by atoms with Crippen LogP contribution >= 0.6 is 55.4 Å². The van der Waals surface area contributed by atoms with Crippen LogP contribution in [0.5, 0.6) is 0 Å². The van der Waals surface area contributed by atoms with Gasteiger partial charge < -0.3 is 0 Å².